The van der Waals surface area contributed by atoms with Crippen LogP contribution in [0.25, 0.3) is 0 Å². The Balaban J connectivity index is 1.91. The zero-order chi connectivity index (χ0) is 19.8. The number of benzene rings is 2. The minimum Gasteiger partial charge on any atom is -0.491 e. The number of hydrogen-bond donors (Lipinski definition) is 2. The number of nitrogens with one attached hydrogen (secondary N) is 2. The number of rotatable bonds is 7. The van der Waals surface area contributed by atoms with Gasteiger partial charge in [0.05, 0.1) is 6.10 Å². The molecule has 2 N–H and O–H groups in total. The monoisotopic (exact) mass is 384 g/mol. The van der Waals surface area contributed by atoms with E-state index < -0.39 is 0 Å². The number of carbonyl (C=O) groups excluding carboxylic acids is 1. The minimum atomic E-state index is -0.303. The second-order valence-corrected chi connectivity index (χ2v) is 6.78. The molecule has 0 fully saturated rings. The van der Waals surface area contributed by atoms with Gasteiger partial charge >= 0.3 is 0 Å². The lowest BCUT2D eigenvalue weighted by molar-refractivity contribution is 0.0977. The van der Waals surface area contributed by atoms with E-state index in [0.29, 0.717) is 17.9 Å². The van der Waals surface area contributed by atoms with Crippen molar-refractivity contribution in [1.82, 2.24) is 5.32 Å². The molecule has 0 bridgehead atoms. The fourth-order valence-electron chi connectivity index (χ4n) is 2.16. The number of thiocarbonyl (C=S) groups is 1. The molecule has 5 nitrogen and oxygen atoms in total. The van der Waals surface area contributed by atoms with E-state index in [0.717, 1.165) is 17.0 Å². The first-order valence-corrected chi connectivity index (χ1v) is 9.00. The third kappa shape index (κ3) is 7.11. The van der Waals surface area contributed by atoms with Gasteiger partial charge < -0.3 is 14.8 Å². The van der Waals surface area contributed by atoms with Crippen molar-refractivity contribution in [3.8, 4) is 11.5 Å². The molecule has 142 valence electrons. The Morgan fingerprint density at radius 1 is 1.15 bits per heavy atom. The van der Waals surface area contributed by atoms with E-state index in [1.54, 1.807) is 18.2 Å². The predicted octanol–water partition coefficient (Wildman–Crippen LogP) is 4.56. The number of carbonyl (C=O) groups is 1. The lowest BCUT2D eigenvalue weighted by Gasteiger charge is -2.12. The van der Waals surface area contributed by atoms with Crippen molar-refractivity contribution in [3.63, 3.8) is 0 Å². The molecule has 0 unspecified atom stereocenters. The van der Waals surface area contributed by atoms with Crippen LogP contribution in [0, 0.1) is 0 Å². The zero-order valence-corrected chi connectivity index (χ0v) is 16.6. The maximum Gasteiger partial charge on any atom is 0.257 e. The summed E-state index contributed by atoms with van der Waals surface area (Å²) in [6.45, 7) is 10.0. The molecule has 27 heavy (non-hydrogen) atoms. The SMILES string of the molecule is C=C(C)COc1ccc(NC(=S)NC(=O)c2cccc(OC(C)C)c2)cc1. The molecule has 0 spiro atoms. The molecule has 0 heterocycles. The van der Waals surface area contributed by atoms with Crippen LogP contribution in [0.15, 0.2) is 60.7 Å². The molecule has 0 radical (unpaired) electrons. The van der Waals surface area contributed by atoms with E-state index in [-0.39, 0.29) is 17.1 Å². The summed E-state index contributed by atoms with van der Waals surface area (Å²) in [5.41, 5.74) is 2.17. The van der Waals surface area contributed by atoms with Crippen LogP contribution < -0.4 is 20.1 Å². The van der Waals surface area contributed by atoms with Crippen molar-refractivity contribution in [2.45, 2.75) is 26.9 Å². The Morgan fingerprint density at radius 2 is 1.85 bits per heavy atom. The van der Waals surface area contributed by atoms with Crippen molar-refractivity contribution in [1.29, 1.82) is 0 Å². The first-order valence-electron chi connectivity index (χ1n) is 8.60. The maximum absolute atomic E-state index is 12.4. The van der Waals surface area contributed by atoms with Gasteiger partial charge in [0.1, 0.15) is 18.1 Å². The highest BCUT2D eigenvalue weighted by Gasteiger charge is 2.10. The van der Waals surface area contributed by atoms with Gasteiger partial charge in [-0.2, -0.15) is 0 Å². The molecule has 0 aliphatic carbocycles. The highest BCUT2D eigenvalue weighted by molar-refractivity contribution is 7.80. The zero-order valence-electron chi connectivity index (χ0n) is 15.7. The molecule has 2 aromatic rings. The fraction of sp³-hybridized carbons (Fsp3) is 0.238. The van der Waals surface area contributed by atoms with Crippen molar-refractivity contribution in [2.75, 3.05) is 11.9 Å². The Morgan fingerprint density at radius 3 is 2.48 bits per heavy atom. The van der Waals surface area contributed by atoms with Crippen LogP contribution in [-0.2, 0) is 0 Å². The number of ether oxygens (including phenoxy) is 2. The normalized spacial score (nSPS) is 10.2. The average molecular weight is 385 g/mol. The Kier molecular flexibility index (Phi) is 7.37. The molecule has 0 aromatic heterocycles. The smallest absolute Gasteiger partial charge is 0.257 e. The molecular weight excluding hydrogens is 360 g/mol. The summed E-state index contributed by atoms with van der Waals surface area (Å²) in [7, 11) is 0. The van der Waals surface area contributed by atoms with Crippen LogP contribution in [0.2, 0.25) is 0 Å². The quantitative estimate of drug-likeness (QED) is 0.541. The first-order chi connectivity index (χ1) is 12.8. The van der Waals surface area contributed by atoms with E-state index >= 15 is 0 Å². The van der Waals surface area contributed by atoms with Crippen LogP contribution in [0.3, 0.4) is 0 Å². The van der Waals surface area contributed by atoms with Gasteiger partial charge in [0.2, 0.25) is 0 Å². The lowest BCUT2D eigenvalue weighted by atomic mass is 10.2. The molecule has 2 aromatic carbocycles. The van der Waals surface area contributed by atoms with E-state index in [2.05, 4.69) is 17.2 Å². The van der Waals surface area contributed by atoms with Crippen LogP contribution in [-0.4, -0.2) is 23.7 Å². The van der Waals surface area contributed by atoms with Gasteiger partial charge in [-0.15, -0.1) is 0 Å². The number of anilines is 1. The van der Waals surface area contributed by atoms with Gasteiger partial charge in [-0.1, -0.05) is 12.6 Å². The summed E-state index contributed by atoms with van der Waals surface area (Å²) < 4.78 is 11.2. The van der Waals surface area contributed by atoms with Crippen LogP contribution in [0.5, 0.6) is 11.5 Å². The molecular formula is C21H24N2O3S. The molecule has 0 atom stereocenters. The van der Waals surface area contributed by atoms with Crippen LogP contribution in [0.1, 0.15) is 31.1 Å². The molecule has 0 saturated carbocycles. The van der Waals surface area contributed by atoms with Crippen molar-refractivity contribution < 1.29 is 14.3 Å². The standard InChI is InChI=1S/C21H24N2O3S/c1-14(2)13-25-18-10-8-17(9-11-18)22-21(27)23-20(24)16-6-5-7-19(12-16)26-15(3)4/h5-12,15H,1,13H2,2-4H3,(H2,22,23,24,27). The highest BCUT2D eigenvalue weighted by atomic mass is 32.1. The first kappa shape index (κ1) is 20.5. The molecule has 0 saturated heterocycles. The minimum absolute atomic E-state index is 0.0356. The summed E-state index contributed by atoms with van der Waals surface area (Å²) in [5.74, 6) is 1.07. The summed E-state index contributed by atoms with van der Waals surface area (Å²) in [4.78, 5) is 12.4. The van der Waals surface area contributed by atoms with E-state index in [9.17, 15) is 4.79 Å². The van der Waals surface area contributed by atoms with Gasteiger partial charge in [-0.3, -0.25) is 10.1 Å². The number of amides is 1. The second-order valence-electron chi connectivity index (χ2n) is 6.37. The fourth-order valence-corrected chi connectivity index (χ4v) is 2.37. The average Bonchev–Trinajstić information content (AvgIpc) is 2.60. The summed E-state index contributed by atoms with van der Waals surface area (Å²) in [6.07, 6.45) is 0.0356. The summed E-state index contributed by atoms with van der Waals surface area (Å²) in [6, 6.07) is 14.3. The second kappa shape index (κ2) is 9.73. The highest BCUT2D eigenvalue weighted by Crippen LogP contribution is 2.17. The topological polar surface area (TPSA) is 59.6 Å². The predicted molar refractivity (Wildman–Crippen MR) is 113 cm³/mol. The maximum atomic E-state index is 12.4. The van der Waals surface area contributed by atoms with Gasteiger partial charge in [0.15, 0.2) is 5.11 Å². The molecule has 0 aliphatic heterocycles. The molecule has 6 heteroatoms. The van der Waals surface area contributed by atoms with Crippen LogP contribution >= 0.6 is 12.2 Å². The van der Waals surface area contributed by atoms with Crippen molar-refractivity contribution >= 4 is 28.9 Å². The third-order valence-electron chi connectivity index (χ3n) is 3.29. The molecule has 2 rings (SSSR count). The number of hydrogen-bond acceptors (Lipinski definition) is 4. The van der Waals surface area contributed by atoms with E-state index in [1.165, 1.54) is 0 Å². The van der Waals surface area contributed by atoms with Gasteiger partial charge in [-0.05, 0) is 81.0 Å². The van der Waals surface area contributed by atoms with Crippen molar-refractivity contribution in [2.24, 2.45) is 0 Å². The van der Waals surface area contributed by atoms with Gasteiger partial charge in [0, 0.05) is 11.3 Å². The van der Waals surface area contributed by atoms with Gasteiger partial charge in [-0.25, -0.2) is 0 Å². The Labute approximate surface area is 165 Å². The van der Waals surface area contributed by atoms with Crippen molar-refractivity contribution in [3.05, 3.63) is 66.2 Å². The van der Waals surface area contributed by atoms with Crippen LogP contribution in [0.4, 0.5) is 5.69 Å². The Hall–Kier alpha value is -2.86. The van der Waals surface area contributed by atoms with E-state index in [1.807, 2.05) is 51.1 Å². The summed E-state index contributed by atoms with van der Waals surface area (Å²) in [5, 5.41) is 5.85. The third-order valence-corrected chi connectivity index (χ3v) is 3.50. The molecule has 0 aliphatic rings. The summed E-state index contributed by atoms with van der Waals surface area (Å²) >= 11 is 5.22. The largest absolute Gasteiger partial charge is 0.491 e. The Bertz CT molecular complexity index is 816. The molecule has 1 amide bonds. The van der Waals surface area contributed by atoms with Gasteiger partial charge in [0.25, 0.3) is 5.91 Å². The van der Waals surface area contributed by atoms with E-state index in [4.69, 9.17) is 21.7 Å². The lowest BCUT2D eigenvalue weighted by Crippen LogP contribution is -2.34.